The summed E-state index contributed by atoms with van der Waals surface area (Å²) in [4.78, 5) is 8.29. The maximum Gasteiger partial charge on any atom is 0.129 e. The van der Waals surface area contributed by atoms with Crippen LogP contribution >= 0.6 is 0 Å². The fourth-order valence-corrected chi connectivity index (χ4v) is 1.36. The van der Waals surface area contributed by atoms with Gasteiger partial charge in [-0.15, -0.1) is 5.10 Å². The molecule has 0 radical (unpaired) electrons. The van der Waals surface area contributed by atoms with Crippen molar-refractivity contribution in [3.8, 4) is 0 Å². The van der Waals surface area contributed by atoms with Gasteiger partial charge in [0.05, 0.1) is 6.20 Å². The topological polar surface area (TPSA) is 68.5 Å². The molecule has 16 heavy (non-hydrogen) atoms. The van der Waals surface area contributed by atoms with E-state index < -0.39 is 0 Å². The molecule has 0 spiro atoms. The number of aryl methyl sites for hydroxylation is 2. The highest BCUT2D eigenvalue weighted by atomic mass is 15.4. The minimum Gasteiger partial charge on any atom is -0.370 e. The second-order valence-corrected chi connectivity index (χ2v) is 3.44. The zero-order chi connectivity index (χ0) is 11.2. The Kier molecular flexibility index (Phi) is 3.42. The lowest BCUT2D eigenvalue weighted by atomic mass is 10.4. The summed E-state index contributed by atoms with van der Waals surface area (Å²) >= 11 is 0. The average Bonchev–Trinajstić information content (AvgIpc) is 2.77. The van der Waals surface area contributed by atoms with Gasteiger partial charge in [-0.3, -0.25) is 4.68 Å². The Morgan fingerprint density at radius 1 is 1.38 bits per heavy atom. The van der Waals surface area contributed by atoms with Crippen LogP contribution < -0.4 is 5.32 Å². The summed E-state index contributed by atoms with van der Waals surface area (Å²) in [5, 5.41) is 10.9. The van der Waals surface area contributed by atoms with Gasteiger partial charge in [0.15, 0.2) is 0 Å². The Labute approximate surface area is 93.7 Å². The third-order valence-corrected chi connectivity index (χ3v) is 2.12. The molecule has 2 aromatic heterocycles. The predicted octanol–water partition coefficient (Wildman–Crippen LogP) is 0.879. The fourth-order valence-electron chi connectivity index (χ4n) is 1.36. The van der Waals surface area contributed by atoms with Crippen molar-refractivity contribution in [1.82, 2.24) is 25.0 Å². The molecule has 84 valence electrons. The van der Waals surface area contributed by atoms with Crippen LogP contribution in [0.5, 0.6) is 0 Å². The van der Waals surface area contributed by atoms with Gasteiger partial charge in [0.25, 0.3) is 0 Å². The highest BCUT2D eigenvalue weighted by molar-refractivity contribution is 5.32. The smallest absolute Gasteiger partial charge is 0.129 e. The van der Waals surface area contributed by atoms with E-state index in [0.717, 1.165) is 31.2 Å². The number of hydrogen-bond acceptors (Lipinski definition) is 5. The molecule has 0 aliphatic heterocycles. The molecule has 0 atom stereocenters. The molecule has 0 saturated heterocycles. The zero-order valence-electron chi connectivity index (χ0n) is 9.17. The molecule has 0 amide bonds. The molecular formula is C10H14N6. The van der Waals surface area contributed by atoms with Crippen molar-refractivity contribution >= 4 is 5.82 Å². The van der Waals surface area contributed by atoms with Crippen LogP contribution in [0.2, 0.25) is 0 Å². The van der Waals surface area contributed by atoms with Crippen molar-refractivity contribution in [2.75, 3.05) is 11.9 Å². The number of aromatic nitrogens is 5. The number of hydrogen-bond donors (Lipinski definition) is 1. The van der Waals surface area contributed by atoms with Gasteiger partial charge in [0, 0.05) is 25.5 Å². The lowest BCUT2D eigenvalue weighted by molar-refractivity contribution is 0.569. The summed E-state index contributed by atoms with van der Waals surface area (Å²) in [6.07, 6.45) is 6.27. The van der Waals surface area contributed by atoms with Gasteiger partial charge >= 0.3 is 0 Å². The first-order valence-electron chi connectivity index (χ1n) is 5.22. The summed E-state index contributed by atoms with van der Waals surface area (Å²) in [6.45, 7) is 3.59. The molecule has 1 N–H and O–H groups in total. The quantitative estimate of drug-likeness (QED) is 0.754. The molecule has 0 aliphatic carbocycles. The molecule has 2 aromatic rings. The van der Waals surface area contributed by atoms with E-state index in [-0.39, 0.29) is 0 Å². The van der Waals surface area contributed by atoms with Crippen LogP contribution in [0.15, 0.2) is 24.7 Å². The average molecular weight is 218 g/mol. The standard InChI is InChI=1S/C10H14N6/c1-9-11-5-3-10(14-9)12-4-2-7-16-8-6-13-15-16/h3,5-6,8H,2,4,7H2,1H3,(H,11,12,14). The van der Waals surface area contributed by atoms with E-state index in [4.69, 9.17) is 0 Å². The van der Waals surface area contributed by atoms with Crippen molar-refractivity contribution in [2.24, 2.45) is 0 Å². The molecule has 0 saturated carbocycles. The van der Waals surface area contributed by atoms with E-state index in [1.54, 1.807) is 12.4 Å². The summed E-state index contributed by atoms with van der Waals surface area (Å²) in [6, 6.07) is 1.86. The SMILES string of the molecule is Cc1nccc(NCCCn2ccnn2)n1. The van der Waals surface area contributed by atoms with Crippen LogP contribution in [0.4, 0.5) is 5.82 Å². The minimum atomic E-state index is 0.779. The Morgan fingerprint density at radius 2 is 2.31 bits per heavy atom. The largest absolute Gasteiger partial charge is 0.370 e. The molecule has 2 rings (SSSR count). The number of anilines is 1. The predicted molar refractivity (Wildman–Crippen MR) is 59.9 cm³/mol. The molecule has 0 aliphatic rings. The number of nitrogens with one attached hydrogen (secondary N) is 1. The summed E-state index contributed by atoms with van der Waals surface area (Å²) in [7, 11) is 0. The van der Waals surface area contributed by atoms with Crippen LogP contribution in [0, 0.1) is 6.92 Å². The Bertz CT molecular complexity index is 425. The molecule has 6 nitrogen and oxygen atoms in total. The van der Waals surface area contributed by atoms with E-state index in [1.165, 1.54) is 0 Å². The Morgan fingerprint density at radius 3 is 3.06 bits per heavy atom. The third-order valence-electron chi connectivity index (χ3n) is 2.12. The Balaban J connectivity index is 1.72. The summed E-state index contributed by atoms with van der Waals surface area (Å²) in [5.74, 6) is 1.65. The fraction of sp³-hybridized carbons (Fsp3) is 0.400. The molecule has 0 bridgehead atoms. The number of nitrogens with zero attached hydrogens (tertiary/aromatic N) is 5. The van der Waals surface area contributed by atoms with E-state index in [2.05, 4.69) is 25.6 Å². The van der Waals surface area contributed by atoms with Crippen LogP contribution in [0.25, 0.3) is 0 Å². The van der Waals surface area contributed by atoms with Crippen LogP contribution in [-0.2, 0) is 6.54 Å². The van der Waals surface area contributed by atoms with Gasteiger partial charge in [-0.25, -0.2) is 9.97 Å². The Hall–Kier alpha value is -1.98. The minimum absolute atomic E-state index is 0.779. The zero-order valence-corrected chi connectivity index (χ0v) is 9.17. The van der Waals surface area contributed by atoms with Gasteiger partial charge in [0.1, 0.15) is 11.6 Å². The first-order valence-corrected chi connectivity index (χ1v) is 5.22. The van der Waals surface area contributed by atoms with Crippen molar-refractivity contribution < 1.29 is 0 Å². The van der Waals surface area contributed by atoms with Crippen LogP contribution in [0.1, 0.15) is 12.2 Å². The lowest BCUT2D eigenvalue weighted by Crippen LogP contribution is -2.08. The number of rotatable bonds is 5. The van der Waals surface area contributed by atoms with Gasteiger partial charge in [0.2, 0.25) is 0 Å². The first kappa shape index (κ1) is 10.5. The highest BCUT2D eigenvalue weighted by Gasteiger charge is 1.95. The van der Waals surface area contributed by atoms with Crippen molar-refractivity contribution in [3.05, 3.63) is 30.5 Å². The third kappa shape index (κ3) is 3.01. The van der Waals surface area contributed by atoms with Gasteiger partial charge in [-0.1, -0.05) is 5.21 Å². The van der Waals surface area contributed by atoms with Crippen molar-refractivity contribution in [3.63, 3.8) is 0 Å². The maximum absolute atomic E-state index is 4.25. The van der Waals surface area contributed by atoms with Crippen LogP contribution in [0.3, 0.4) is 0 Å². The second-order valence-electron chi connectivity index (χ2n) is 3.44. The maximum atomic E-state index is 4.25. The molecular weight excluding hydrogens is 204 g/mol. The van der Waals surface area contributed by atoms with Crippen molar-refractivity contribution in [1.29, 1.82) is 0 Å². The molecule has 0 aromatic carbocycles. The highest BCUT2D eigenvalue weighted by Crippen LogP contribution is 2.01. The van der Waals surface area contributed by atoms with E-state index >= 15 is 0 Å². The summed E-state index contributed by atoms with van der Waals surface area (Å²) in [5.41, 5.74) is 0. The van der Waals surface area contributed by atoms with Gasteiger partial charge < -0.3 is 5.32 Å². The normalized spacial score (nSPS) is 10.3. The van der Waals surface area contributed by atoms with E-state index in [9.17, 15) is 0 Å². The van der Waals surface area contributed by atoms with E-state index in [1.807, 2.05) is 23.9 Å². The monoisotopic (exact) mass is 218 g/mol. The van der Waals surface area contributed by atoms with Gasteiger partial charge in [-0.2, -0.15) is 0 Å². The molecule has 0 fully saturated rings. The molecule has 2 heterocycles. The molecule has 6 heteroatoms. The molecule has 0 unspecified atom stereocenters. The summed E-state index contributed by atoms with van der Waals surface area (Å²) < 4.78 is 1.81. The van der Waals surface area contributed by atoms with Gasteiger partial charge in [-0.05, 0) is 19.4 Å². The first-order chi connectivity index (χ1) is 7.84. The van der Waals surface area contributed by atoms with Crippen LogP contribution in [-0.4, -0.2) is 31.5 Å². The lowest BCUT2D eigenvalue weighted by Gasteiger charge is -2.05. The second kappa shape index (κ2) is 5.20. The van der Waals surface area contributed by atoms with E-state index in [0.29, 0.717) is 0 Å². The van der Waals surface area contributed by atoms with Crippen molar-refractivity contribution in [2.45, 2.75) is 19.9 Å².